The molecule has 0 saturated heterocycles. The van der Waals surface area contributed by atoms with Gasteiger partial charge in [0, 0.05) is 12.1 Å². The van der Waals surface area contributed by atoms with Crippen molar-refractivity contribution in [3.05, 3.63) is 94.8 Å². The third-order valence-corrected chi connectivity index (χ3v) is 5.30. The van der Waals surface area contributed by atoms with Crippen LogP contribution in [0.2, 0.25) is 0 Å². The lowest BCUT2D eigenvalue weighted by atomic mass is 10.1. The average Bonchev–Trinajstić information content (AvgIpc) is 3.25. The quantitative estimate of drug-likeness (QED) is 0.451. The van der Waals surface area contributed by atoms with Crippen molar-refractivity contribution < 1.29 is 4.74 Å². The number of hydrogen-bond acceptors (Lipinski definition) is 4. The van der Waals surface area contributed by atoms with Crippen LogP contribution in [0.3, 0.4) is 0 Å². The molecule has 0 aliphatic rings. The van der Waals surface area contributed by atoms with Crippen molar-refractivity contribution >= 4 is 16.7 Å². The van der Waals surface area contributed by atoms with E-state index in [1.165, 1.54) is 5.56 Å². The van der Waals surface area contributed by atoms with Gasteiger partial charge in [-0.05, 0) is 36.2 Å². The van der Waals surface area contributed by atoms with E-state index in [-0.39, 0.29) is 5.56 Å². The van der Waals surface area contributed by atoms with E-state index in [2.05, 4.69) is 22.3 Å². The maximum Gasteiger partial charge on any atom is 0.262 e. The lowest BCUT2D eigenvalue weighted by Crippen LogP contribution is -2.24. The first kappa shape index (κ1) is 18.1. The minimum absolute atomic E-state index is 0.0568. The predicted molar refractivity (Wildman–Crippen MR) is 117 cm³/mol. The summed E-state index contributed by atoms with van der Waals surface area (Å²) in [6, 6.07) is 25.4. The second-order valence-electron chi connectivity index (χ2n) is 7.10. The fraction of sp³-hybridized carbons (Fsp3) is 0.125. The molecule has 0 aliphatic heterocycles. The van der Waals surface area contributed by atoms with Crippen molar-refractivity contribution in [2.45, 2.75) is 13.0 Å². The zero-order valence-electron chi connectivity index (χ0n) is 16.5. The zero-order chi connectivity index (χ0) is 20.5. The molecular formula is C24H20N4O2. The van der Waals surface area contributed by atoms with Gasteiger partial charge in [-0.2, -0.15) is 0 Å². The number of nitrogens with zero attached hydrogens (tertiary/aromatic N) is 4. The third-order valence-electron chi connectivity index (χ3n) is 5.30. The van der Waals surface area contributed by atoms with Gasteiger partial charge in [0.1, 0.15) is 5.75 Å². The first-order chi connectivity index (χ1) is 14.8. The Kier molecular flexibility index (Phi) is 4.52. The van der Waals surface area contributed by atoms with Crippen molar-refractivity contribution in [1.29, 1.82) is 0 Å². The fourth-order valence-corrected chi connectivity index (χ4v) is 3.79. The number of methoxy groups -OCH3 is 1. The lowest BCUT2D eigenvalue weighted by molar-refractivity contribution is 0.415. The Labute approximate surface area is 173 Å². The van der Waals surface area contributed by atoms with Gasteiger partial charge in [-0.15, -0.1) is 10.2 Å². The van der Waals surface area contributed by atoms with Crippen molar-refractivity contribution in [3.8, 4) is 17.1 Å². The minimum Gasteiger partial charge on any atom is -0.497 e. The molecule has 0 radical (unpaired) electrons. The first-order valence-electron chi connectivity index (χ1n) is 9.81. The molecule has 0 spiro atoms. The maximum atomic E-state index is 13.3. The van der Waals surface area contributed by atoms with Crippen LogP contribution >= 0.6 is 0 Å². The number of ether oxygens (including phenoxy) is 1. The molecule has 5 rings (SSSR count). The summed E-state index contributed by atoms with van der Waals surface area (Å²) in [5.74, 6) is 1.95. The summed E-state index contributed by atoms with van der Waals surface area (Å²) in [6.45, 7) is 0.521. The summed E-state index contributed by atoms with van der Waals surface area (Å²) < 4.78 is 9.04. The molecule has 148 valence electrons. The highest BCUT2D eigenvalue weighted by Crippen LogP contribution is 2.25. The smallest absolute Gasteiger partial charge is 0.262 e. The number of para-hydroxylation sites is 1. The topological polar surface area (TPSA) is 61.4 Å². The van der Waals surface area contributed by atoms with E-state index in [9.17, 15) is 4.79 Å². The van der Waals surface area contributed by atoms with Gasteiger partial charge in [-0.3, -0.25) is 13.8 Å². The second kappa shape index (κ2) is 7.48. The maximum absolute atomic E-state index is 13.3. The van der Waals surface area contributed by atoms with E-state index in [1.807, 2.05) is 71.1 Å². The minimum atomic E-state index is -0.0568. The van der Waals surface area contributed by atoms with Crippen LogP contribution in [0, 0.1) is 0 Å². The Morgan fingerprint density at radius 3 is 2.53 bits per heavy atom. The van der Waals surface area contributed by atoms with Crippen molar-refractivity contribution in [3.63, 3.8) is 0 Å². The predicted octanol–water partition coefficient (Wildman–Crippen LogP) is 3.96. The molecule has 0 N–H and O–H groups in total. The number of aromatic nitrogens is 4. The molecule has 0 bridgehead atoms. The molecule has 6 nitrogen and oxygen atoms in total. The van der Waals surface area contributed by atoms with Gasteiger partial charge in [0.15, 0.2) is 5.82 Å². The van der Waals surface area contributed by atoms with E-state index in [0.717, 1.165) is 23.3 Å². The van der Waals surface area contributed by atoms with Crippen molar-refractivity contribution in [1.82, 2.24) is 19.2 Å². The Hall–Kier alpha value is -3.93. The molecule has 0 amide bonds. The van der Waals surface area contributed by atoms with Crippen LogP contribution in [0.25, 0.3) is 28.1 Å². The number of rotatable bonds is 5. The Morgan fingerprint density at radius 1 is 0.900 bits per heavy atom. The third kappa shape index (κ3) is 3.03. The highest BCUT2D eigenvalue weighted by molar-refractivity contribution is 5.82. The summed E-state index contributed by atoms with van der Waals surface area (Å²) in [4.78, 5) is 13.3. The van der Waals surface area contributed by atoms with E-state index in [4.69, 9.17) is 4.74 Å². The van der Waals surface area contributed by atoms with Crippen LogP contribution in [0.1, 0.15) is 5.56 Å². The number of aryl methyl sites for hydroxylation is 2. The summed E-state index contributed by atoms with van der Waals surface area (Å²) >= 11 is 0. The van der Waals surface area contributed by atoms with E-state index >= 15 is 0 Å². The molecule has 2 heterocycles. The summed E-state index contributed by atoms with van der Waals surface area (Å²) in [7, 11) is 1.64. The largest absolute Gasteiger partial charge is 0.497 e. The van der Waals surface area contributed by atoms with Gasteiger partial charge in [-0.25, -0.2) is 0 Å². The fourth-order valence-electron chi connectivity index (χ4n) is 3.79. The number of benzene rings is 3. The van der Waals surface area contributed by atoms with Gasteiger partial charge < -0.3 is 4.74 Å². The normalized spacial score (nSPS) is 11.2. The Morgan fingerprint density at radius 2 is 1.70 bits per heavy atom. The van der Waals surface area contributed by atoms with Crippen LogP contribution in [-0.2, 0) is 13.0 Å². The SMILES string of the molecule is COc1cccc(-c2nnc3n(CCc4ccccc4)c(=O)c4ccccc4n23)c1. The Balaban J connectivity index is 1.73. The Bertz CT molecular complexity index is 1400. The zero-order valence-corrected chi connectivity index (χ0v) is 16.5. The number of fused-ring (bicyclic) bond motifs is 3. The van der Waals surface area contributed by atoms with E-state index < -0.39 is 0 Å². The molecule has 3 aromatic carbocycles. The van der Waals surface area contributed by atoms with Crippen molar-refractivity contribution in [2.24, 2.45) is 0 Å². The summed E-state index contributed by atoms with van der Waals surface area (Å²) in [5.41, 5.74) is 2.78. The molecule has 2 aromatic heterocycles. The van der Waals surface area contributed by atoms with Crippen LogP contribution in [0.5, 0.6) is 5.75 Å². The molecule has 0 atom stereocenters. The second-order valence-corrected chi connectivity index (χ2v) is 7.10. The molecule has 30 heavy (non-hydrogen) atoms. The van der Waals surface area contributed by atoms with E-state index in [1.54, 1.807) is 11.7 Å². The van der Waals surface area contributed by atoms with Crippen LogP contribution in [0.4, 0.5) is 0 Å². The average molecular weight is 396 g/mol. The van der Waals surface area contributed by atoms with Crippen LogP contribution in [-0.4, -0.2) is 26.3 Å². The van der Waals surface area contributed by atoms with Gasteiger partial charge in [0.2, 0.25) is 5.78 Å². The standard InChI is InChI=1S/C24H20N4O2/c1-30-19-11-7-10-18(16-19)22-25-26-24-27(15-14-17-8-3-2-4-9-17)23(29)20-12-5-6-13-21(20)28(22)24/h2-13,16H,14-15H2,1H3. The highest BCUT2D eigenvalue weighted by atomic mass is 16.5. The lowest BCUT2D eigenvalue weighted by Gasteiger charge is -2.12. The first-order valence-corrected chi connectivity index (χ1v) is 9.81. The molecule has 0 saturated carbocycles. The monoisotopic (exact) mass is 396 g/mol. The van der Waals surface area contributed by atoms with Crippen LogP contribution in [0.15, 0.2) is 83.7 Å². The van der Waals surface area contributed by atoms with Gasteiger partial charge in [-0.1, -0.05) is 54.6 Å². The van der Waals surface area contributed by atoms with E-state index in [0.29, 0.717) is 23.5 Å². The van der Waals surface area contributed by atoms with Gasteiger partial charge in [0.25, 0.3) is 5.56 Å². The van der Waals surface area contributed by atoms with Gasteiger partial charge in [0.05, 0.1) is 18.0 Å². The van der Waals surface area contributed by atoms with Crippen molar-refractivity contribution in [2.75, 3.05) is 7.11 Å². The molecule has 6 heteroatoms. The molecular weight excluding hydrogens is 376 g/mol. The number of hydrogen-bond donors (Lipinski definition) is 0. The molecule has 0 fully saturated rings. The molecule has 0 unspecified atom stereocenters. The highest BCUT2D eigenvalue weighted by Gasteiger charge is 2.17. The molecule has 0 aliphatic carbocycles. The van der Waals surface area contributed by atoms with Gasteiger partial charge >= 0.3 is 0 Å². The van der Waals surface area contributed by atoms with Crippen LogP contribution < -0.4 is 10.3 Å². The summed E-state index contributed by atoms with van der Waals surface area (Å²) in [5, 5.41) is 9.50. The summed E-state index contributed by atoms with van der Waals surface area (Å²) in [6.07, 6.45) is 0.732. The molecule has 5 aromatic rings.